The van der Waals surface area contributed by atoms with Crippen LogP contribution in [-0.4, -0.2) is 18.3 Å². The molecule has 5 heteroatoms. The van der Waals surface area contributed by atoms with E-state index in [-0.39, 0.29) is 12.2 Å². The number of benzene rings is 2. The van der Waals surface area contributed by atoms with E-state index in [1.54, 1.807) is 0 Å². The zero-order chi connectivity index (χ0) is 19.3. The van der Waals surface area contributed by atoms with Gasteiger partial charge in [0.05, 0.1) is 6.61 Å². The average Bonchev–Trinajstić information content (AvgIpc) is 2.68. The first kappa shape index (κ1) is 18.8. The zero-order valence-electron chi connectivity index (χ0n) is 16.0. The molecule has 27 heavy (non-hydrogen) atoms. The summed E-state index contributed by atoms with van der Waals surface area (Å²) in [4.78, 5) is 12.1. The van der Waals surface area contributed by atoms with E-state index in [9.17, 15) is 4.79 Å². The summed E-state index contributed by atoms with van der Waals surface area (Å²) in [5.74, 6) is 1.62. The Morgan fingerprint density at radius 3 is 2.63 bits per heavy atom. The quantitative estimate of drug-likeness (QED) is 0.742. The van der Waals surface area contributed by atoms with Gasteiger partial charge in [-0.25, -0.2) is 4.79 Å². The number of ether oxygens (including phenoxy) is 3. The molecule has 5 nitrogen and oxygen atoms in total. The summed E-state index contributed by atoms with van der Waals surface area (Å²) in [6, 6.07) is 13.0. The van der Waals surface area contributed by atoms with Gasteiger partial charge in [-0.05, 0) is 62.2 Å². The molecular weight excluding hydrogens is 342 g/mol. The molecule has 142 valence electrons. The first-order valence-electron chi connectivity index (χ1n) is 9.19. The van der Waals surface area contributed by atoms with Crippen LogP contribution in [0.2, 0.25) is 0 Å². The van der Waals surface area contributed by atoms with Gasteiger partial charge in [0, 0.05) is 11.3 Å². The van der Waals surface area contributed by atoms with Crippen LogP contribution in [0.5, 0.6) is 11.5 Å². The Bertz CT molecular complexity index is 829. The third-order valence-corrected chi connectivity index (χ3v) is 4.52. The maximum absolute atomic E-state index is 12.1. The Labute approximate surface area is 159 Å². The lowest BCUT2D eigenvalue weighted by atomic mass is 9.97. The first-order valence-corrected chi connectivity index (χ1v) is 9.19. The molecule has 0 bridgehead atoms. The predicted molar refractivity (Wildman–Crippen MR) is 106 cm³/mol. The lowest BCUT2D eigenvalue weighted by molar-refractivity contribution is 0.133. The van der Waals surface area contributed by atoms with Gasteiger partial charge in [-0.3, -0.25) is 5.32 Å². The number of hydrogen-bond donors (Lipinski definition) is 1. The molecule has 1 atom stereocenters. The van der Waals surface area contributed by atoms with Crippen molar-refractivity contribution >= 4 is 17.9 Å². The molecule has 0 saturated carbocycles. The summed E-state index contributed by atoms with van der Waals surface area (Å²) in [5.41, 5.74) is 2.22. The Morgan fingerprint density at radius 1 is 1.15 bits per heavy atom. The third-order valence-electron chi connectivity index (χ3n) is 4.52. The monoisotopic (exact) mass is 367 g/mol. The highest BCUT2D eigenvalue weighted by Crippen LogP contribution is 2.34. The van der Waals surface area contributed by atoms with E-state index in [0.717, 1.165) is 29.0 Å². The minimum Gasteiger partial charge on any atom is -0.494 e. The van der Waals surface area contributed by atoms with Crippen molar-refractivity contribution < 1.29 is 19.0 Å². The summed E-state index contributed by atoms with van der Waals surface area (Å²) >= 11 is 0. The second-order valence-electron chi connectivity index (χ2n) is 6.63. The Hall–Kier alpha value is -2.95. The molecule has 0 aromatic heterocycles. The highest BCUT2D eigenvalue weighted by molar-refractivity contribution is 5.85. The van der Waals surface area contributed by atoms with Crippen molar-refractivity contribution in [1.82, 2.24) is 0 Å². The molecule has 0 spiro atoms. The fourth-order valence-electron chi connectivity index (χ4n) is 2.74. The van der Waals surface area contributed by atoms with E-state index >= 15 is 0 Å². The second-order valence-corrected chi connectivity index (χ2v) is 6.63. The number of anilines is 1. The molecule has 1 heterocycles. The Kier molecular flexibility index (Phi) is 5.69. The molecule has 3 rings (SSSR count). The predicted octanol–water partition coefficient (Wildman–Crippen LogP) is 5.41. The van der Waals surface area contributed by atoms with Crippen molar-refractivity contribution in [3.05, 3.63) is 59.7 Å². The molecule has 0 fully saturated rings. The number of carbonyl (C=O) groups excluding carboxylic acids is 1. The van der Waals surface area contributed by atoms with Crippen LogP contribution in [-0.2, 0) is 11.3 Å². The van der Waals surface area contributed by atoms with Crippen LogP contribution >= 0.6 is 0 Å². The van der Waals surface area contributed by atoms with Gasteiger partial charge in [-0.2, -0.15) is 0 Å². The standard InChI is InChI=1S/C22H25NO4/c1-4-22(3)13-12-17-14-18(8-11-20(17)27-22)23-21(24)26-15-16-6-9-19(10-7-16)25-5-2/h6-14H,4-5,15H2,1-3H3,(H,23,24). The minimum atomic E-state index is -0.497. The van der Waals surface area contributed by atoms with E-state index in [2.05, 4.69) is 19.2 Å². The van der Waals surface area contributed by atoms with Gasteiger partial charge < -0.3 is 14.2 Å². The second kappa shape index (κ2) is 8.16. The number of amides is 1. The largest absolute Gasteiger partial charge is 0.494 e. The molecule has 1 N–H and O–H groups in total. The molecular formula is C22H25NO4. The molecule has 2 aromatic carbocycles. The van der Waals surface area contributed by atoms with E-state index in [4.69, 9.17) is 14.2 Å². The van der Waals surface area contributed by atoms with E-state index in [1.807, 2.05) is 61.5 Å². The molecule has 2 aromatic rings. The van der Waals surface area contributed by atoms with Crippen molar-refractivity contribution in [3.8, 4) is 11.5 Å². The van der Waals surface area contributed by atoms with Crippen molar-refractivity contribution in [1.29, 1.82) is 0 Å². The van der Waals surface area contributed by atoms with Crippen molar-refractivity contribution in [2.24, 2.45) is 0 Å². The molecule has 0 aliphatic carbocycles. The van der Waals surface area contributed by atoms with Crippen molar-refractivity contribution in [2.75, 3.05) is 11.9 Å². The van der Waals surface area contributed by atoms with Gasteiger partial charge in [0.2, 0.25) is 0 Å². The summed E-state index contributed by atoms with van der Waals surface area (Å²) in [6.45, 7) is 6.90. The number of carbonyl (C=O) groups is 1. The molecule has 1 aliphatic heterocycles. The average molecular weight is 367 g/mol. The first-order chi connectivity index (χ1) is 13.0. The summed E-state index contributed by atoms with van der Waals surface area (Å²) in [5, 5.41) is 2.75. The van der Waals surface area contributed by atoms with Crippen molar-refractivity contribution in [2.45, 2.75) is 39.4 Å². The lowest BCUT2D eigenvalue weighted by Crippen LogP contribution is -2.30. The normalized spacial score (nSPS) is 17.6. The van der Waals surface area contributed by atoms with Gasteiger partial charge in [-0.15, -0.1) is 0 Å². The van der Waals surface area contributed by atoms with Crippen LogP contribution in [0.4, 0.5) is 10.5 Å². The van der Waals surface area contributed by atoms with E-state index < -0.39 is 6.09 Å². The fraction of sp³-hybridized carbons (Fsp3) is 0.318. The maximum Gasteiger partial charge on any atom is 0.411 e. The lowest BCUT2D eigenvalue weighted by Gasteiger charge is -2.30. The number of nitrogens with one attached hydrogen (secondary N) is 1. The summed E-state index contributed by atoms with van der Waals surface area (Å²) in [7, 11) is 0. The highest BCUT2D eigenvalue weighted by Gasteiger charge is 2.25. The number of rotatable bonds is 6. The van der Waals surface area contributed by atoms with Crippen LogP contribution in [0.15, 0.2) is 48.5 Å². The van der Waals surface area contributed by atoms with Crippen LogP contribution < -0.4 is 14.8 Å². The zero-order valence-corrected chi connectivity index (χ0v) is 16.0. The summed E-state index contributed by atoms with van der Waals surface area (Å²) < 4.78 is 16.7. The number of fused-ring (bicyclic) bond motifs is 1. The van der Waals surface area contributed by atoms with Crippen LogP contribution in [0.1, 0.15) is 38.3 Å². The molecule has 1 unspecified atom stereocenters. The molecule has 0 radical (unpaired) electrons. The number of hydrogen-bond acceptors (Lipinski definition) is 4. The Morgan fingerprint density at radius 2 is 1.93 bits per heavy atom. The van der Waals surface area contributed by atoms with E-state index in [1.165, 1.54) is 0 Å². The Balaban J connectivity index is 1.56. The van der Waals surface area contributed by atoms with Crippen LogP contribution in [0.25, 0.3) is 6.08 Å². The smallest absolute Gasteiger partial charge is 0.411 e. The van der Waals surface area contributed by atoms with Crippen LogP contribution in [0, 0.1) is 0 Å². The fourth-order valence-corrected chi connectivity index (χ4v) is 2.74. The highest BCUT2D eigenvalue weighted by atomic mass is 16.5. The SMILES string of the molecule is CCOc1ccc(COC(=O)Nc2ccc3c(c2)C=CC(C)(CC)O3)cc1. The summed E-state index contributed by atoms with van der Waals surface area (Å²) in [6.07, 6.45) is 4.46. The van der Waals surface area contributed by atoms with Crippen LogP contribution in [0.3, 0.4) is 0 Å². The molecule has 1 aliphatic rings. The van der Waals surface area contributed by atoms with Gasteiger partial charge >= 0.3 is 6.09 Å². The van der Waals surface area contributed by atoms with Gasteiger partial charge in [-0.1, -0.05) is 25.1 Å². The van der Waals surface area contributed by atoms with Gasteiger partial charge in [0.15, 0.2) is 0 Å². The van der Waals surface area contributed by atoms with E-state index in [0.29, 0.717) is 12.3 Å². The minimum absolute atomic E-state index is 0.195. The third kappa shape index (κ3) is 4.82. The van der Waals surface area contributed by atoms with Gasteiger partial charge in [0.25, 0.3) is 0 Å². The van der Waals surface area contributed by atoms with Gasteiger partial charge in [0.1, 0.15) is 23.7 Å². The molecule has 1 amide bonds. The topological polar surface area (TPSA) is 56.8 Å². The van der Waals surface area contributed by atoms with Crippen molar-refractivity contribution in [3.63, 3.8) is 0 Å². The maximum atomic E-state index is 12.1. The molecule has 0 saturated heterocycles.